The Morgan fingerprint density at radius 3 is 2.81 bits per heavy atom. The minimum atomic E-state index is -0.482. The van der Waals surface area contributed by atoms with Crippen LogP contribution in [0, 0.1) is 26.2 Å². The van der Waals surface area contributed by atoms with Crippen LogP contribution in [0.5, 0.6) is 0 Å². The van der Waals surface area contributed by atoms with Gasteiger partial charge >= 0.3 is 0 Å². The Balaban J connectivity index is 1.91. The van der Waals surface area contributed by atoms with Crippen molar-refractivity contribution >= 4 is 0 Å². The van der Waals surface area contributed by atoms with Gasteiger partial charge in [-0.25, -0.2) is 0 Å². The number of terminal acetylenes is 1. The zero-order valence-corrected chi connectivity index (χ0v) is 13.0. The molecule has 3 nitrogen and oxygen atoms in total. The average molecular weight is 287 g/mol. The molecule has 1 aromatic rings. The van der Waals surface area contributed by atoms with Crippen molar-refractivity contribution in [3.05, 3.63) is 34.9 Å². The molecule has 0 radical (unpaired) electrons. The molecule has 21 heavy (non-hydrogen) atoms. The van der Waals surface area contributed by atoms with E-state index in [0.717, 1.165) is 6.54 Å². The highest BCUT2D eigenvalue weighted by Gasteiger charge is 2.30. The number of rotatable bonds is 8. The highest BCUT2D eigenvalue weighted by Crippen LogP contribution is 2.29. The molecule has 1 saturated carbocycles. The third kappa shape index (κ3) is 5.17. The van der Waals surface area contributed by atoms with Gasteiger partial charge in [0.15, 0.2) is 0 Å². The van der Waals surface area contributed by atoms with Crippen molar-refractivity contribution in [2.24, 2.45) is 0 Å². The summed E-state index contributed by atoms with van der Waals surface area (Å²) in [6.07, 6.45) is 7.11. The van der Waals surface area contributed by atoms with Gasteiger partial charge in [0.2, 0.25) is 0 Å². The Morgan fingerprint density at radius 1 is 1.43 bits per heavy atom. The van der Waals surface area contributed by atoms with Crippen molar-refractivity contribution in [1.82, 2.24) is 4.90 Å². The van der Waals surface area contributed by atoms with Gasteiger partial charge in [0, 0.05) is 19.1 Å². The molecule has 1 atom stereocenters. The molecule has 1 N–H and O–H groups in total. The van der Waals surface area contributed by atoms with Crippen LogP contribution in [0.25, 0.3) is 0 Å². The summed E-state index contributed by atoms with van der Waals surface area (Å²) in [4.78, 5) is 2.36. The van der Waals surface area contributed by atoms with E-state index in [0.29, 0.717) is 19.2 Å². The summed E-state index contributed by atoms with van der Waals surface area (Å²) in [6, 6.07) is 7.17. The summed E-state index contributed by atoms with van der Waals surface area (Å²) >= 11 is 0. The second kappa shape index (κ2) is 7.61. The first-order valence-electron chi connectivity index (χ1n) is 7.59. The quantitative estimate of drug-likeness (QED) is 0.588. The summed E-state index contributed by atoms with van der Waals surface area (Å²) in [5.41, 5.74) is 3.94. The summed E-state index contributed by atoms with van der Waals surface area (Å²) in [5.74, 6) is 2.42. The molecule has 0 saturated heterocycles. The van der Waals surface area contributed by atoms with Gasteiger partial charge in [-0.15, -0.1) is 6.42 Å². The largest absolute Gasteiger partial charge is 0.389 e. The second-order valence-corrected chi connectivity index (χ2v) is 5.96. The van der Waals surface area contributed by atoms with E-state index in [9.17, 15) is 5.11 Å². The van der Waals surface area contributed by atoms with E-state index in [2.05, 4.69) is 42.9 Å². The molecule has 0 amide bonds. The highest BCUT2D eigenvalue weighted by molar-refractivity contribution is 5.30. The molecular weight excluding hydrogens is 262 g/mol. The van der Waals surface area contributed by atoms with Crippen molar-refractivity contribution in [2.45, 2.75) is 45.4 Å². The molecule has 0 bridgehead atoms. The van der Waals surface area contributed by atoms with Crippen LogP contribution < -0.4 is 0 Å². The zero-order chi connectivity index (χ0) is 15.2. The molecule has 1 unspecified atom stereocenters. The summed E-state index contributed by atoms with van der Waals surface area (Å²) in [6.45, 7) is 6.37. The number of aryl methyl sites for hydroxylation is 2. The van der Waals surface area contributed by atoms with Gasteiger partial charge in [-0.05, 0) is 37.8 Å². The lowest BCUT2D eigenvalue weighted by Gasteiger charge is -2.25. The van der Waals surface area contributed by atoms with Crippen LogP contribution in [0.1, 0.15) is 29.5 Å². The molecule has 1 aliphatic carbocycles. The van der Waals surface area contributed by atoms with Crippen LogP contribution >= 0.6 is 0 Å². The third-order valence-electron chi connectivity index (χ3n) is 3.88. The minimum Gasteiger partial charge on any atom is -0.389 e. The van der Waals surface area contributed by atoms with Gasteiger partial charge in [-0.1, -0.05) is 29.7 Å². The van der Waals surface area contributed by atoms with E-state index >= 15 is 0 Å². The fourth-order valence-corrected chi connectivity index (χ4v) is 2.60. The van der Waals surface area contributed by atoms with Crippen LogP contribution in [0.15, 0.2) is 18.2 Å². The fraction of sp³-hybridized carbons (Fsp3) is 0.556. The number of ether oxygens (including phenoxy) is 1. The lowest BCUT2D eigenvalue weighted by atomic mass is 10.1. The van der Waals surface area contributed by atoms with E-state index < -0.39 is 6.10 Å². The number of benzene rings is 1. The van der Waals surface area contributed by atoms with Crippen molar-refractivity contribution < 1.29 is 9.84 Å². The first kappa shape index (κ1) is 16.0. The zero-order valence-electron chi connectivity index (χ0n) is 13.0. The van der Waals surface area contributed by atoms with Gasteiger partial charge in [0.05, 0.1) is 12.7 Å². The van der Waals surface area contributed by atoms with Gasteiger partial charge < -0.3 is 9.84 Å². The smallest absolute Gasteiger partial charge is 0.107 e. The molecule has 114 valence electrons. The monoisotopic (exact) mass is 287 g/mol. The summed E-state index contributed by atoms with van der Waals surface area (Å²) in [7, 11) is 0. The van der Waals surface area contributed by atoms with E-state index in [1.807, 2.05) is 0 Å². The van der Waals surface area contributed by atoms with E-state index in [1.165, 1.54) is 29.5 Å². The van der Waals surface area contributed by atoms with Gasteiger partial charge in [0.25, 0.3) is 0 Å². The maximum absolute atomic E-state index is 10.1. The van der Waals surface area contributed by atoms with E-state index in [-0.39, 0.29) is 6.61 Å². The molecule has 0 heterocycles. The second-order valence-electron chi connectivity index (χ2n) is 5.96. The third-order valence-corrected chi connectivity index (χ3v) is 3.88. The van der Waals surface area contributed by atoms with Crippen molar-refractivity contribution in [1.29, 1.82) is 0 Å². The van der Waals surface area contributed by atoms with Crippen LogP contribution in [0.4, 0.5) is 0 Å². The molecule has 0 aliphatic heterocycles. The highest BCUT2D eigenvalue weighted by atomic mass is 16.5. The van der Waals surface area contributed by atoms with Crippen molar-refractivity contribution in [2.75, 3.05) is 19.8 Å². The molecule has 0 aromatic heterocycles. The van der Waals surface area contributed by atoms with E-state index in [4.69, 9.17) is 11.2 Å². The summed E-state index contributed by atoms with van der Waals surface area (Å²) < 4.78 is 5.22. The van der Waals surface area contributed by atoms with Crippen molar-refractivity contribution in [3.63, 3.8) is 0 Å². The SMILES string of the molecule is C#CCOCC(O)CN(Cc1ccc(C)cc1C)C1CC1. The maximum atomic E-state index is 10.1. The topological polar surface area (TPSA) is 32.7 Å². The predicted molar refractivity (Wildman–Crippen MR) is 85.0 cm³/mol. The number of hydrogen-bond acceptors (Lipinski definition) is 3. The van der Waals surface area contributed by atoms with Crippen LogP contribution in [-0.2, 0) is 11.3 Å². The van der Waals surface area contributed by atoms with Gasteiger partial charge in [-0.3, -0.25) is 4.90 Å². The Hall–Kier alpha value is -1.34. The molecule has 1 aromatic carbocycles. The number of hydrogen-bond donors (Lipinski definition) is 1. The molecule has 2 rings (SSSR count). The molecule has 1 aliphatic rings. The number of aliphatic hydroxyl groups excluding tert-OH is 1. The molecular formula is C18H25NO2. The first-order chi connectivity index (χ1) is 10.1. The van der Waals surface area contributed by atoms with Gasteiger partial charge in [0.1, 0.15) is 6.61 Å². The maximum Gasteiger partial charge on any atom is 0.107 e. The molecule has 0 spiro atoms. The Bertz CT molecular complexity index is 502. The fourth-order valence-electron chi connectivity index (χ4n) is 2.60. The van der Waals surface area contributed by atoms with Crippen LogP contribution in [0.3, 0.4) is 0 Å². The van der Waals surface area contributed by atoms with E-state index in [1.54, 1.807) is 0 Å². The van der Waals surface area contributed by atoms with Crippen LogP contribution in [0.2, 0.25) is 0 Å². The average Bonchev–Trinajstić information content (AvgIpc) is 3.25. The molecule has 3 heteroatoms. The first-order valence-corrected chi connectivity index (χ1v) is 7.59. The summed E-state index contributed by atoms with van der Waals surface area (Å²) in [5, 5.41) is 10.1. The van der Waals surface area contributed by atoms with Crippen LogP contribution in [-0.4, -0.2) is 41.9 Å². The predicted octanol–water partition coefficient (Wildman–Crippen LogP) is 2.28. The minimum absolute atomic E-state index is 0.261. The standard InChI is InChI=1S/C18H25NO2/c1-4-9-21-13-18(20)12-19(17-7-8-17)11-16-6-5-14(2)10-15(16)3/h1,5-6,10,17-18,20H,7-9,11-13H2,2-3H3. The lowest BCUT2D eigenvalue weighted by Crippen LogP contribution is -2.36. The van der Waals surface area contributed by atoms with Gasteiger partial charge in [-0.2, -0.15) is 0 Å². The Labute approximate surface area is 127 Å². The lowest BCUT2D eigenvalue weighted by molar-refractivity contribution is 0.0242. The van der Waals surface area contributed by atoms with Crippen molar-refractivity contribution in [3.8, 4) is 12.3 Å². The Kier molecular flexibility index (Phi) is 5.81. The normalized spacial score (nSPS) is 16.0. The Morgan fingerprint density at radius 2 is 2.19 bits per heavy atom. The number of aliphatic hydroxyl groups is 1. The number of nitrogens with zero attached hydrogens (tertiary/aromatic N) is 1. The molecule has 1 fully saturated rings.